The van der Waals surface area contributed by atoms with Gasteiger partial charge in [-0.1, -0.05) is 23.7 Å². The molecule has 31 heavy (non-hydrogen) atoms. The van der Waals surface area contributed by atoms with Crippen LogP contribution in [0.15, 0.2) is 58.1 Å². The Balaban J connectivity index is 0.000000221. The van der Waals surface area contributed by atoms with E-state index >= 15 is 0 Å². The van der Waals surface area contributed by atoms with E-state index in [9.17, 15) is 4.79 Å². The number of nitrogens with one attached hydrogen (secondary N) is 1. The first-order valence-corrected chi connectivity index (χ1v) is 9.56. The number of hydrogen-bond acceptors (Lipinski definition) is 7. The largest absolute Gasteiger partial charge is 0.358 e. The Hall–Kier alpha value is -3.84. The molecule has 3 rings (SSSR count). The summed E-state index contributed by atoms with van der Waals surface area (Å²) >= 11 is 5.67. The van der Waals surface area contributed by atoms with Crippen LogP contribution in [-0.2, 0) is 6.54 Å². The molecule has 1 aliphatic heterocycles. The van der Waals surface area contributed by atoms with Crippen molar-refractivity contribution in [3.63, 3.8) is 0 Å². The predicted octanol–water partition coefficient (Wildman–Crippen LogP) is 2.88. The van der Waals surface area contributed by atoms with Gasteiger partial charge in [0.25, 0.3) is 0 Å². The zero-order chi connectivity index (χ0) is 22.6. The second-order valence-electron chi connectivity index (χ2n) is 6.46. The van der Waals surface area contributed by atoms with E-state index < -0.39 is 0 Å². The zero-order valence-electron chi connectivity index (χ0n) is 17.4. The molecule has 2 aromatic rings. The molecular formula is C20H22ClN9O. The van der Waals surface area contributed by atoms with Crippen molar-refractivity contribution in [1.82, 2.24) is 25.3 Å². The van der Waals surface area contributed by atoms with Gasteiger partial charge in [-0.2, -0.15) is 20.5 Å². The molecule has 0 radical (unpaired) electrons. The second-order valence-corrected chi connectivity index (χ2v) is 6.84. The lowest BCUT2D eigenvalue weighted by Crippen LogP contribution is -2.42. The van der Waals surface area contributed by atoms with Crippen LogP contribution in [0.5, 0.6) is 0 Å². The van der Waals surface area contributed by atoms with Crippen molar-refractivity contribution in [2.45, 2.75) is 20.4 Å². The summed E-state index contributed by atoms with van der Waals surface area (Å²) in [5.74, 6) is 0.674. The van der Waals surface area contributed by atoms with Crippen molar-refractivity contribution < 1.29 is 4.79 Å². The van der Waals surface area contributed by atoms with Crippen LogP contribution in [-0.4, -0.2) is 57.3 Å². The highest BCUT2D eigenvalue weighted by Gasteiger charge is 2.16. The van der Waals surface area contributed by atoms with Gasteiger partial charge in [0.1, 0.15) is 11.0 Å². The van der Waals surface area contributed by atoms with Crippen LogP contribution in [0.25, 0.3) is 0 Å². The number of nitrogens with zero attached hydrogens (tertiary/aromatic N) is 8. The summed E-state index contributed by atoms with van der Waals surface area (Å²) in [6.07, 6.45) is 8.40. The van der Waals surface area contributed by atoms with Gasteiger partial charge in [-0.15, -0.1) is 0 Å². The van der Waals surface area contributed by atoms with Gasteiger partial charge in [-0.05, 0) is 31.5 Å². The number of carbonyl (C=O) groups is 1. The number of hydrogen-bond donors (Lipinski definition) is 1. The molecule has 0 saturated heterocycles. The molecule has 0 unspecified atom stereocenters. The number of pyridine rings is 2. The van der Waals surface area contributed by atoms with Crippen LogP contribution in [0.2, 0.25) is 5.15 Å². The Bertz CT molecular complexity index is 998. The summed E-state index contributed by atoms with van der Waals surface area (Å²) in [4.78, 5) is 24.8. The first kappa shape index (κ1) is 23.4. The van der Waals surface area contributed by atoms with E-state index in [4.69, 9.17) is 16.9 Å². The van der Waals surface area contributed by atoms with Gasteiger partial charge < -0.3 is 4.90 Å². The number of aliphatic imine (C=N–C) groups is 1. The third kappa shape index (κ3) is 8.20. The number of hydrazone groups is 2. The number of amidine groups is 1. The minimum Gasteiger partial charge on any atom is -0.358 e. The topological polar surface area (TPSA) is 122 Å². The fraction of sp³-hybridized carbons (Fsp3) is 0.250. The minimum absolute atomic E-state index is 0.328. The van der Waals surface area contributed by atoms with Gasteiger partial charge in [-0.3, -0.25) is 4.98 Å². The number of aromatic nitrogens is 2. The van der Waals surface area contributed by atoms with E-state index in [1.165, 1.54) is 5.01 Å². The predicted molar refractivity (Wildman–Crippen MR) is 120 cm³/mol. The van der Waals surface area contributed by atoms with Crippen molar-refractivity contribution in [2.24, 2.45) is 15.2 Å². The highest BCUT2D eigenvalue weighted by molar-refractivity contribution is 6.29. The lowest BCUT2D eigenvalue weighted by atomic mass is 10.3. The van der Waals surface area contributed by atoms with Gasteiger partial charge in [0.15, 0.2) is 0 Å². The summed E-state index contributed by atoms with van der Waals surface area (Å²) in [7, 11) is 1.87. The lowest BCUT2D eigenvalue weighted by Gasteiger charge is -2.20. The zero-order valence-corrected chi connectivity index (χ0v) is 18.2. The second kappa shape index (κ2) is 12.0. The van der Waals surface area contributed by atoms with Gasteiger partial charge in [0.2, 0.25) is 6.19 Å². The lowest BCUT2D eigenvalue weighted by molar-refractivity contribution is 0.204. The average molecular weight is 440 g/mol. The van der Waals surface area contributed by atoms with Crippen LogP contribution < -0.4 is 5.43 Å². The number of rotatable bonds is 4. The SMILES string of the molecule is CC(=NC#N)N(C)Cc1ccc(Cl)nc1.CC1=NNC(=O)N(/N=C/c2cccnc2)C1. The van der Waals surface area contributed by atoms with E-state index in [2.05, 4.69) is 30.6 Å². The summed E-state index contributed by atoms with van der Waals surface area (Å²) < 4.78 is 0. The highest BCUT2D eigenvalue weighted by atomic mass is 35.5. The molecule has 2 aromatic heterocycles. The third-order valence-electron chi connectivity index (χ3n) is 3.96. The number of halogens is 1. The van der Waals surface area contributed by atoms with Crippen LogP contribution in [0.3, 0.4) is 0 Å². The number of amides is 2. The van der Waals surface area contributed by atoms with Crippen LogP contribution in [0, 0.1) is 11.5 Å². The van der Waals surface area contributed by atoms with Gasteiger partial charge in [-0.25, -0.2) is 20.2 Å². The first-order chi connectivity index (χ1) is 14.9. The smallest absolute Gasteiger partial charge is 0.358 e. The summed E-state index contributed by atoms with van der Waals surface area (Å²) in [6.45, 7) is 4.67. The Morgan fingerprint density at radius 3 is 2.87 bits per heavy atom. The maximum Gasteiger partial charge on any atom is 0.358 e. The van der Waals surface area contributed by atoms with Crippen LogP contribution in [0.4, 0.5) is 4.79 Å². The molecular weight excluding hydrogens is 418 g/mol. The molecule has 0 atom stereocenters. The summed E-state index contributed by atoms with van der Waals surface area (Å²) in [6, 6.07) is 6.97. The molecule has 1 aliphatic rings. The van der Waals surface area contributed by atoms with Crippen molar-refractivity contribution >= 4 is 35.4 Å². The van der Waals surface area contributed by atoms with Crippen molar-refractivity contribution in [3.05, 3.63) is 59.1 Å². The van der Waals surface area contributed by atoms with Crippen LogP contribution >= 0.6 is 11.6 Å². The molecule has 160 valence electrons. The fourth-order valence-electron chi connectivity index (χ4n) is 2.25. The fourth-order valence-corrected chi connectivity index (χ4v) is 2.36. The van der Waals surface area contributed by atoms with Gasteiger partial charge in [0.05, 0.1) is 18.5 Å². The van der Waals surface area contributed by atoms with Crippen molar-refractivity contribution in [1.29, 1.82) is 5.26 Å². The van der Waals surface area contributed by atoms with E-state index in [-0.39, 0.29) is 6.03 Å². The Morgan fingerprint density at radius 1 is 1.42 bits per heavy atom. The van der Waals surface area contributed by atoms with Crippen molar-refractivity contribution in [2.75, 3.05) is 13.6 Å². The molecule has 0 spiro atoms. The normalized spacial score (nSPS) is 13.6. The molecule has 0 bridgehead atoms. The van der Waals surface area contributed by atoms with E-state index in [0.717, 1.165) is 16.8 Å². The molecule has 1 N–H and O–H groups in total. The van der Waals surface area contributed by atoms with E-state index in [1.807, 2.05) is 37.1 Å². The summed E-state index contributed by atoms with van der Waals surface area (Å²) in [5, 5.41) is 18.1. The standard InChI is InChI=1S/C10H11ClN4.C10H11N5O/c1-8(14-7-12)15(2)6-9-3-4-10(11)13-5-9;1-8-7-15(10(16)14-13-8)12-6-9-3-2-4-11-5-9/h3-5H,6H2,1-2H3;2-6H,7H2,1H3,(H,14,16)/b;12-6+. The monoisotopic (exact) mass is 439 g/mol. The Kier molecular flexibility index (Phi) is 9.07. The van der Waals surface area contributed by atoms with E-state index in [1.54, 1.807) is 44.0 Å². The third-order valence-corrected chi connectivity index (χ3v) is 4.18. The molecule has 0 saturated carbocycles. The van der Waals surface area contributed by atoms with Crippen LogP contribution in [0.1, 0.15) is 25.0 Å². The first-order valence-electron chi connectivity index (χ1n) is 9.18. The number of carbonyl (C=O) groups excluding carboxylic acids is 1. The number of nitriles is 1. The quantitative estimate of drug-likeness (QED) is 0.339. The minimum atomic E-state index is -0.328. The average Bonchev–Trinajstić information content (AvgIpc) is 2.77. The van der Waals surface area contributed by atoms with E-state index in [0.29, 0.717) is 24.1 Å². The molecule has 0 aliphatic carbocycles. The van der Waals surface area contributed by atoms with Gasteiger partial charge in [0, 0.05) is 37.7 Å². The van der Waals surface area contributed by atoms with Crippen molar-refractivity contribution in [3.8, 4) is 6.19 Å². The highest BCUT2D eigenvalue weighted by Crippen LogP contribution is 2.07. The molecule has 11 heteroatoms. The molecule has 10 nitrogen and oxygen atoms in total. The Labute approximate surface area is 185 Å². The van der Waals surface area contributed by atoms with Gasteiger partial charge >= 0.3 is 6.03 Å². The molecule has 0 aromatic carbocycles. The Morgan fingerprint density at radius 2 is 2.23 bits per heavy atom. The molecule has 2 amide bonds. The molecule has 3 heterocycles. The molecule has 0 fully saturated rings. The maximum atomic E-state index is 11.3. The maximum absolute atomic E-state index is 11.3. The number of urea groups is 1. The summed E-state index contributed by atoms with van der Waals surface area (Å²) in [5.41, 5.74) is 5.04.